The molecule has 0 spiro atoms. The van der Waals surface area contributed by atoms with E-state index >= 15 is 0 Å². The van der Waals surface area contributed by atoms with Crippen LogP contribution >= 0.6 is 11.6 Å². The number of nitrogens with one attached hydrogen (secondary N) is 1. The van der Waals surface area contributed by atoms with Gasteiger partial charge in [-0.3, -0.25) is 4.79 Å². The molecule has 1 aliphatic rings. The Morgan fingerprint density at radius 2 is 2.22 bits per heavy atom. The van der Waals surface area contributed by atoms with Crippen molar-refractivity contribution in [2.45, 2.75) is 33.1 Å². The molecule has 0 aromatic heterocycles. The number of rotatable bonds is 2. The summed E-state index contributed by atoms with van der Waals surface area (Å²) in [5, 5.41) is 3.91. The largest absolute Gasteiger partial charge is 0.361 e. The summed E-state index contributed by atoms with van der Waals surface area (Å²) in [7, 11) is 0. The third-order valence-corrected chi connectivity index (χ3v) is 3.68. The van der Waals surface area contributed by atoms with Gasteiger partial charge in [0.1, 0.15) is 0 Å². The highest BCUT2D eigenvalue weighted by atomic mass is 35.5. The highest BCUT2D eigenvalue weighted by Crippen LogP contribution is 2.26. The zero-order valence-electron chi connectivity index (χ0n) is 10.8. The number of hydrogen-bond donors (Lipinski definition) is 1. The molecule has 0 amide bonds. The molecular weight excluding hydrogens is 246 g/mol. The van der Waals surface area contributed by atoms with Crippen LogP contribution in [0.15, 0.2) is 30.0 Å². The Morgan fingerprint density at radius 1 is 1.44 bits per heavy atom. The van der Waals surface area contributed by atoms with Crippen molar-refractivity contribution in [2.75, 3.05) is 5.32 Å². The van der Waals surface area contributed by atoms with E-state index in [0.717, 1.165) is 36.1 Å². The smallest absolute Gasteiger partial charge is 0.163 e. The van der Waals surface area contributed by atoms with Gasteiger partial charge >= 0.3 is 0 Å². The number of halogens is 1. The molecule has 18 heavy (non-hydrogen) atoms. The van der Waals surface area contributed by atoms with Crippen LogP contribution in [0, 0.1) is 12.8 Å². The quantitative estimate of drug-likeness (QED) is 0.805. The highest BCUT2D eigenvalue weighted by Gasteiger charge is 2.22. The van der Waals surface area contributed by atoms with E-state index in [1.807, 2.05) is 38.2 Å². The summed E-state index contributed by atoms with van der Waals surface area (Å²) in [4.78, 5) is 12.0. The molecule has 0 unspecified atom stereocenters. The van der Waals surface area contributed by atoms with Crippen molar-refractivity contribution in [3.8, 4) is 0 Å². The van der Waals surface area contributed by atoms with Crippen molar-refractivity contribution in [1.82, 2.24) is 0 Å². The van der Waals surface area contributed by atoms with Crippen LogP contribution in [-0.4, -0.2) is 5.78 Å². The molecule has 0 aliphatic heterocycles. The maximum absolute atomic E-state index is 12.0. The summed E-state index contributed by atoms with van der Waals surface area (Å²) in [5.74, 6) is 0.431. The Balaban J connectivity index is 2.14. The minimum atomic E-state index is 0.159. The number of aryl methyl sites for hydroxylation is 1. The lowest BCUT2D eigenvalue weighted by atomic mass is 9.86. The second-order valence-electron chi connectivity index (χ2n) is 4.93. The molecule has 1 aromatic rings. The number of benzene rings is 1. The van der Waals surface area contributed by atoms with E-state index in [9.17, 15) is 4.79 Å². The lowest BCUT2D eigenvalue weighted by Gasteiger charge is -2.19. The fourth-order valence-corrected chi connectivity index (χ4v) is 2.40. The van der Waals surface area contributed by atoms with Crippen molar-refractivity contribution in [1.29, 1.82) is 0 Å². The predicted molar refractivity (Wildman–Crippen MR) is 75.9 cm³/mol. The van der Waals surface area contributed by atoms with Gasteiger partial charge in [0.05, 0.1) is 0 Å². The van der Waals surface area contributed by atoms with Gasteiger partial charge in [-0.1, -0.05) is 24.6 Å². The maximum Gasteiger partial charge on any atom is 0.163 e. The van der Waals surface area contributed by atoms with Gasteiger partial charge in [-0.2, -0.15) is 0 Å². The summed E-state index contributed by atoms with van der Waals surface area (Å²) < 4.78 is 0. The number of allylic oxidation sites excluding steroid dienone is 1. The van der Waals surface area contributed by atoms with Gasteiger partial charge in [-0.05, 0) is 43.9 Å². The third-order valence-electron chi connectivity index (χ3n) is 3.45. The lowest BCUT2D eigenvalue weighted by molar-refractivity contribution is -0.119. The summed E-state index contributed by atoms with van der Waals surface area (Å²) in [6, 6.07) is 5.71. The Kier molecular flexibility index (Phi) is 4.07. The second-order valence-corrected chi connectivity index (χ2v) is 5.37. The summed E-state index contributed by atoms with van der Waals surface area (Å²) in [6.07, 6.45) is 4.81. The summed E-state index contributed by atoms with van der Waals surface area (Å²) in [6.45, 7) is 4.02. The van der Waals surface area contributed by atoms with Crippen molar-refractivity contribution in [3.05, 3.63) is 40.6 Å². The van der Waals surface area contributed by atoms with Crippen LogP contribution in [0.25, 0.3) is 0 Å². The summed E-state index contributed by atoms with van der Waals surface area (Å²) in [5.41, 5.74) is 2.97. The van der Waals surface area contributed by atoms with E-state index < -0.39 is 0 Å². The average molecular weight is 264 g/mol. The van der Waals surface area contributed by atoms with Gasteiger partial charge in [0.15, 0.2) is 5.78 Å². The second kappa shape index (κ2) is 5.57. The van der Waals surface area contributed by atoms with E-state index in [4.69, 9.17) is 11.6 Å². The molecule has 1 aliphatic carbocycles. The molecule has 1 N–H and O–H groups in total. The zero-order valence-corrected chi connectivity index (χ0v) is 11.6. The molecule has 0 bridgehead atoms. The van der Waals surface area contributed by atoms with Crippen molar-refractivity contribution < 1.29 is 4.79 Å². The number of Topliss-reactive ketones (excluding diaryl/α,β-unsaturated/α-hetero) is 1. The van der Waals surface area contributed by atoms with Crippen LogP contribution < -0.4 is 5.32 Å². The molecule has 0 radical (unpaired) electrons. The van der Waals surface area contributed by atoms with Crippen LogP contribution in [0.3, 0.4) is 0 Å². The molecule has 1 saturated carbocycles. The number of ketones is 1. The highest BCUT2D eigenvalue weighted by molar-refractivity contribution is 6.30. The Labute approximate surface area is 113 Å². The SMILES string of the molecule is Cc1ccc(Cl)cc1N/C=C1/CCC[C@@H](C)C1=O. The third kappa shape index (κ3) is 2.94. The first-order valence-electron chi connectivity index (χ1n) is 6.34. The molecule has 1 aromatic carbocycles. The first kappa shape index (κ1) is 13.2. The molecule has 96 valence electrons. The average Bonchev–Trinajstić information content (AvgIpc) is 2.35. The molecule has 3 heteroatoms. The van der Waals surface area contributed by atoms with Crippen LogP contribution in [0.4, 0.5) is 5.69 Å². The Hall–Kier alpha value is -1.28. The molecule has 2 rings (SSSR count). The van der Waals surface area contributed by atoms with Gasteiger partial charge in [-0.25, -0.2) is 0 Å². The molecular formula is C15H18ClNO. The van der Waals surface area contributed by atoms with E-state index in [-0.39, 0.29) is 11.7 Å². The maximum atomic E-state index is 12.0. The first-order valence-corrected chi connectivity index (χ1v) is 6.71. The van der Waals surface area contributed by atoms with Crippen LogP contribution in [0.1, 0.15) is 31.7 Å². The van der Waals surface area contributed by atoms with Gasteiger partial charge in [0.25, 0.3) is 0 Å². The number of carbonyl (C=O) groups is 1. The normalized spacial score (nSPS) is 22.3. The number of carbonyl (C=O) groups excluding carboxylic acids is 1. The molecule has 2 nitrogen and oxygen atoms in total. The Bertz CT molecular complexity index is 493. The molecule has 1 fully saturated rings. The van der Waals surface area contributed by atoms with E-state index in [1.165, 1.54) is 0 Å². The topological polar surface area (TPSA) is 29.1 Å². The molecule has 1 atom stereocenters. The fourth-order valence-electron chi connectivity index (χ4n) is 2.23. The van der Waals surface area contributed by atoms with Crippen LogP contribution in [0.2, 0.25) is 5.02 Å². The van der Waals surface area contributed by atoms with E-state index in [0.29, 0.717) is 5.02 Å². The van der Waals surface area contributed by atoms with Gasteiger partial charge < -0.3 is 5.32 Å². The number of anilines is 1. The van der Waals surface area contributed by atoms with E-state index in [1.54, 1.807) is 0 Å². The van der Waals surface area contributed by atoms with Crippen molar-refractivity contribution in [2.24, 2.45) is 5.92 Å². The first-order chi connectivity index (χ1) is 8.58. The monoisotopic (exact) mass is 263 g/mol. The fraction of sp³-hybridized carbons (Fsp3) is 0.400. The minimum absolute atomic E-state index is 0.159. The Morgan fingerprint density at radius 3 is 3.00 bits per heavy atom. The number of hydrogen-bond acceptors (Lipinski definition) is 2. The van der Waals surface area contributed by atoms with Crippen molar-refractivity contribution >= 4 is 23.1 Å². The standard InChI is InChI=1S/C15H18ClNO/c1-10-6-7-13(16)8-14(10)17-9-12-5-3-4-11(2)15(12)18/h6-9,11,17H,3-5H2,1-2H3/b12-9-/t11-/m1/s1. The molecule has 0 heterocycles. The lowest BCUT2D eigenvalue weighted by Crippen LogP contribution is -2.19. The van der Waals surface area contributed by atoms with Crippen LogP contribution in [-0.2, 0) is 4.79 Å². The minimum Gasteiger partial charge on any atom is -0.361 e. The predicted octanol–water partition coefficient (Wildman–Crippen LogP) is 4.33. The summed E-state index contributed by atoms with van der Waals surface area (Å²) >= 11 is 5.96. The molecule has 0 saturated heterocycles. The van der Waals surface area contributed by atoms with Gasteiger partial charge in [-0.15, -0.1) is 0 Å². The van der Waals surface area contributed by atoms with Gasteiger partial charge in [0.2, 0.25) is 0 Å². The van der Waals surface area contributed by atoms with Gasteiger partial charge in [0, 0.05) is 28.4 Å². The van der Waals surface area contributed by atoms with E-state index in [2.05, 4.69) is 5.32 Å². The zero-order chi connectivity index (χ0) is 13.1. The van der Waals surface area contributed by atoms with Crippen molar-refractivity contribution in [3.63, 3.8) is 0 Å². The van der Waals surface area contributed by atoms with Crippen LogP contribution in [0.5, 0.6) is 0 Å².